The third-order valence-corrected chi connectivity index (χ3v) is 29.6. The minimum atomic E-state index is -2.70. The molecule has 0 saturated heterocycles. The summed E-state index contributed by atoms with van der Waals surface area (Å²) in [7, 11) is 0. The average molecular weight is 980 g/mol. The first-order valence-electron chi connectivity index (χ1n) is 24.6. The Kier molecular flexibility index (Phi) is 13.3. The van der Waals surface area contributed by atoms with Gasteiger partial charge in [0.05, 0.1) is 0 Å². The molecule has 4 nitrogen and oxygen atoms in total. The van der Waals surface area contributed by atoms with Crippen LogP contribution in [0.3, 0.4) is 0 Å². The van der Waals surface area contributed by atoms with Gasteiger partial charge in [-0.3, -0.25) is 0 Å². The topological polar surface area (TPSA) is 57.4 Å². The van der Waals surface area contributed by atoms with E-state index < -0.39 is 18.4 Å². The van der Waals surface area contributed by atoms with Crippen LogP contribution in [0.1, 0.15) is 82.1 Å². The standard InChI is InChI=1S/C50H33N4.3C4H9.Sn/c1-6-16-33(17-7-1)38-32-45-48(36-22-12-4-13-23-36)43-29-28-41(52-43)46(34-18-8-2-9-19-34)39-26-27-40(51-39)47(35-20-10-3-11-21-35)42-30-31-44(53-42)49(50(38)54-45)37-24-14-5-15-25-37;3*1-3-4-2;/h2-32,51,54H;3*1,3-4H2,2H3;. The van der Waals surface area contributed by atoms with Crippen molar-refractivity contribution in [3.63, 3.8) is 0 Å². The molecule has 5 aromatic carbocycles. The van der Waals surface area contributed by atoms with Crippen LogP contribution in [-0.4, -0.2) is 38.3 Å². The molecular weight excluding hydrogens is 919 g/mol. The van der Waals surface area contributed by atoms with Crippen LogP contribution in [-0.2, 0) is 0 Å². The van der Waals surface area contributed by atoms with Gasteiger partial charge in [0.25, 0.3) is 0 Å². The van der Waals surface area contributed by atoms with Crippen molar-refractivity contribution in [3.8, 4) is 55.6 Å². The Hall–Kier alpha value is -6.50. The Morgan fingerprint density at radius 3 is 1.15 bits per heavy atom. The molecule has 2 N–H and O–H groups in total. The van der Waals surface area contributed by atoms with E-state index in [9.17, 15) is 0 Å². The first-order chi connectivity index (χ1) is 33.1. The van der Waals surface area contributed by atoms with Crippen LogP contribution in [0.4, 0.5) is 0 Å². The van der Waals surface area contributed by atoms with Crippen molar-refractivity contribution in [2.24, 2.45) is 0 Å². The molecule has 67 heavy (non-hydrogen) atoms. The number of aromatic amines is 2. The Labute approximate surface area is 400 Å². The van der Waals surface area contributed by atoms with Gasteiger partial charge >= 0.3 is 314 Å². The second-order valence-electron chi connectivity index (χ2n) is 18.3. The first-order valence-corrected chi connectivity index (χ1v) is 32.1. The van der Waals surface area contributed by atoms with Crippen LogP contribution in [0.15, 0.2) is 164 Å². The third kappa shape index (κ3) is 9.04. The molecular formula is C62H60N4Sn. The van der Waals surface area contributed by atoms with Gasteiger partial charge in [-0.15, -0.1) is 0 Å². The summed E-state index contributed by atoms with van der Waals surface area (Å²) in [5.74, 6) is 0. The van der Waals surface area contributed by atoms with Gasteiger partial charge in [-0.05, 0) is 17.7 Å². The number of unbranched alkanes of at least 4 members (excludes halogenated alkanes) is 3. The van der Waals surface area contributed by atoms with Crippen molar-refractivity contribution in [1.82, 2.24) is 19.9 Å². The van der Waals surface area contributed by atoms with Gasteiger partial charge in [-0.2, -0.15) is 0 Å². The van der Waals surface area contributed by atoms with Crippen LogP contribution < -0.4 is 3.58 Å². The molecule has 0 unspecified atom stereocenters. The number of rotatable bonds is 15. The Morgan fingerprint density at radius 1 is 0.373 bits per heavy atom. The first kappa shape index (κ1) is 44.3. The monoisotopic (exact) mass is 980 g/mol. The van der Waals surface area contributed by atoms with E-state index in [1.165, 1.54) is 57.4 Å². The van der Waals surface area contributed by atoms with Gasteiger partial charge in [0.15, 0.2) is 0 Å². The zero-order valence-corrected chi connectivity index (χ0v) is 42.0. The fraction of sp³-hybridized carbons (Fsp3) is 0.194. The number of benzene rings is 5. The molecule has 2 aliphatic rings. The van der Waals surface area contributed by atoms with E-state index in [2.05, 4.69) is 219 Å². The summed E-state index contributed by atoms with van der Waals surface area (Å²) in [6, 6.07) is 59.7. The van der Waals surface area contributed by atoms with E-state index in [1.54, 1.807) is 3.58 Å². The van der Waals surface area contributed by atoms with E-state index in [1.807, 2.05) is 0 Å². The van der Waals surface area contributed by atoms with Gasteiger partial charge in [0.1, 0.15) is 0 Å². The van der Waals surface area contributed by atoms with Gasteiger partial charge in [0.2, 0.25) is 0 Å². The van der Waals surface area contributed by atoms with Gasteiger partial charge in [-0.25, -0.2) is 0 Å². The van der Waals surface area contributed by atoms with E-state index in [-0.39, 0.29) is 0 Å². The molecule has 5 heteroatoms. The number of hydrogen-bond acceptors (Lipinski definition) is 2. The molecule has 8 aromatic rings. The van der Waals surface area contributed by atoms with Crippen LogP contribution in [0.5, 0.6) is 0 Å². The maximum atomic E-state index is 5.62. The molecule has 0 spiro atoms. The molecule has 5 heterocycles. The molecule has 10 rings (SSSR count). The van der Waals surface area contributed by atoms with Crippen molar-refractivity contribution in [3.05, 3.63) is 187 Å². The van der Waals surface area contributed by atoms with Gasteiger partial charge < -0.3 is 4.98 Å². The normalized spacial score (nSPS) is 12.2. The van der Waals surface area contributed by atoms with Crippen LogP contribution in [0.2, 0.25) is 13.3 Å². The van der Waals surface area contributed by atoms with Gasteiger partial charge in [0, 0.05) is 5.52 Å². The van der Waals surface area contributed by atoms with E-state index in [4.69, 9.17) is 9.97 Å². The number of fused-ring (bicyclic) bond motifs is 8. The summed E-state index contributed by atoms with van der Waals surface area (Å²) in [6.45, 7) is 7.10. The summed E-state index contributed by atoms with van der Waals surface area (Å²) in [4.78, 5) is 19.2. The molecule has 0 radical (unpaired) electrons. The summed E-state index contributed by atoms with van der Waals surface area (Å²) in [5, 5.41) is 0. The molecule has 0 saturated carbocycles. The predicted octanol–water partition coefficient (Wildman–Crippen LogP) is 17.0. The Bertz CT molecular complexity index is 3200. The van der Waals surface area contributed by atoms with Crippen molar-refractivity contribution >= 4 is 68.3 Å². The number of hydrogen-bond donors (Lipinski definition) is 2. The summed E-state index contributed by atoms with van der Waals surface area (Å²) in [6.07, 6.45) is 16.6. The van der Waals surface area contributed by atoms with Crippen LogP contribution in [0.25, 0.3) is 102 Å². The molecule has 332 valence electrons. The van der Waals surface area contributed by atoms with Crippen molar-refractivity contribution in [1.29, 1.82) is 0 Å². The van der Waals surface area contributed by atoms with Crippen molar-refractivity contribution < 1.29 is 0 Å². The molecule has 0 aliphatic carbocycles. The quantitative estimate of drug-likeness (QED) is 0.101. The number of H-pyrrole nitrogens is 2. The SMILES string of the molecule is CCC[CH2][Sn]([CH2]CCC)([CH2]CCC)[c]1ccc(-c2cc3[nH]c2c(-c2ccccc2)c2nc(c(-c4ccccc4)c4ccc([nH]4)c(-c4ccccc4)c4nc(c3-c3ccccc3)C=C4)C=C2)cc1. The fourth-order valence-electron chi connectivity index (χ4n) is 10.5. The third-order valence-electron chi connectivity index (χ3n) is 14.0. The summed E-state index contributed by atoms with van der Waals surface area (Å²) >= 11 is -2.70. The van der Waals surface area contributed by atoms with Crippen LogP contribution in [0, 0.1) is 0 Å². The molecule has 0 fully saturated rings. The predicted molar refractivity (Wildman–Crippen MR) is 291 cm³/mol. The van der Waals surface area contributed by atoms with E-state index in [0.717, 1.165) is 94.9 Å². The number of aromatic nitrogens is 4. The van der Waals surface area contributed by atoms with E-state index in [0.29, 0.717) is 0 Å². The molecule has 8 bridgehead atoms. The second kappa shape index (κ2) is 20.2. The molecule has 0 atom stereocenters. The fourth-order valence-corrected chi connectivity index (χ4v) is 26.4. The second-order valence-corrected chi connectivity index (χ2v) is 31.6. The summed E-state index contributed by atoms with van der Waals surface area (Å²) in [5.41, 5.74) is 18.7. The average Bonchev–Trinajstić information content (AvgIpc) is 4.23. The minimum absolute atomic E-state index is 0.910. The maximum absolute atomic E-state index is 5.62. The zero-order chi connectivity index (χ0) is 45.6. The summed E-state index contributed by atoms with van der Waals surface area (Å²) < 4.78 is 6.03. The van der Waals surface area contributed by atoms with Gasteiger partial charge in [-0.1, -0.05) is 60.7 Å². The van der Waals surface area contributed by atoms with Crippen molar-refractivity contribution in [2.75, 3.05) is 0 Å². The molecule has 3 aromatic heterocycles. The Balaban J connectivity index is 1.34. The molecule has 2 aliphatic heterocycles. The van der Waals surface area contributed by atoms with E-state index >= 15 is 0 Å². The zero-order valence-electron chi connectivity index (χ0n) is 39.2. The number of nitrogens with zero attached hydrogens (tertiary/aromatic N) is 2. The van der Waals surface area contributed by atoms with Crippen molar-refractivity contribution in [2.45, 2.75) is 72.6 Å². The Morgan fingerprint density at radius 2 is 0.746 bits per heavy atom. The number of nitrogens with one attached hydrogen (secondary N) is 2. The molecule has 0 amide bonds. The van der Waals surface area contributed by atoms with Crippen LogP contribution >= 0.6 is 0 Å².